The molecular formula is C15H24N2OS. The minimum absolute atomic E-state index is 0.0958. The highest BCUT2D eigenvalue weighted by Gasteiger charge is 2.25. The van der Waals surface area contributed by atoms with E-state index in [-0.39, 0.29) is 11.8 Å². The van der Waals surface area contributed by atoms with Gasteiger partial charge in [0.25, 0.3) is 0 Å². The Hall–Kier alpha value is -0.870. The molecule has 1 unspecified atom stereocenters. The first-order valence-corrected chi connectivity index (χ1v) is 7.91. The number of hydrogen-bond acceptors (Lipinski definition) is 3. The third-order valence-corrected chi connectivity index (χ3v) is 5.14. The molecule has 0 radical (unpaired) electrons. The van der Waals surface area contributed by atoms with E-state index in [1.807, 2.05) is 11.3 Å². The molecule has 1 atom stereocenters. The summed E-state index contributed by atoms with van der Waals surface area (Å²) in [6, 6.07) is 3.19. The molecule has 1 aromatic rings. The molecule has 4 heteroatoms. The molecule has 3 N–H and O–H groups in total. The van der Waals surface area contributed by atoms with Crippen molar-refractivity contribution in [2.24, 2.45) is 11.7 Å². The fourth-order valence-electron chi connectivity index (χ4n) is 3.07. The van der Waals surface area contributed by atoms with Gasteiger partial charge >= 0.3 is 0 Å². The van der Waals surface area contributed by atoms with Gasteiger partial charge in [-0.05, 0) is 58.1 Å². The molecule has 0 bridgehead atoms. The van der Waals surface area contributed by atoms with Crippen molar-refractivity contribution in [1.82, 2.24) is 5.32 Å². The maximum absolute atomic E-state index is 11.2. The van der Waals surface area contributed by atoms with Crippen LogP contribution in [0.15, 0.2) is 6.07 Å². The monoisotopic (exact) mass is 280 g/mol. The van der Waals surface area contributed by atoms with Gasteiger partial charge in [0.05, 0.1) is 0 Å². The van der Waals surface area contributed by atoms with Crippen LogP contribution >= 0.6 is 11.3 Å². The summed E-state index contributed by atoms with van der Waals surface area (Å²) in [6.07, 6.45) is 3.98. The third-order valence-electron chi connectivity index (χ3n) is 4.16. The summed E-state index contributed by atoms with van der Waals surface area (Å²) in [5.74, 6) is -0.0331. The summed E-state index contributed by atoms with van der Waals surface area (Å²) in [4.78, 5) is 13.9. The first kappa shape index (κ1) is 14.5. The van der Waals surface area contributed by atoms with E-state index in [0.717, 1.165) is 25.7 Å². The number of rotatable bonds is 4. The molecule has 0 spiro atoms. The second-order valence-corrected chi connectivity index (χ2v) is 7.17. The van der Waals surface area contributed by atoms with Gasteiger partial charge in [-0.3, -0.25) is 4.79 Å². The molecule has 1 amide bonds. The Kier molecular flexibility index (Phi) is 4.63. The maximum Gasteiger partial charge on any atom is 0.220 e. The van der Waals surface area contributed by atoms with Gasteiger partial charge in [-0.1, -0.05) is 0 Å². The lowest BCUT2D eigenvalue weighted by molar-refractivity contribution is -0.122. The summed E-state index contributed by atoms with van der Waals surface area (Å²) in [6.45, 7) is 6.58. The number of thiophene rings is 1. The van der Waals surface area contributed by atoms with Crippen LogP contribution in [0.5, 0.6) is 0 Å². The number of carbonyl (C=O) groups is 1. The first-order valence-electron chi connectivity index (χ1n) is 7.09. The van der Waals surface area contributed by atoms with Crippen LogP contribution < -0.4 is 11.1 Å². The summed E-state index contributed by atoms with van der Waals surface area (Å²) in [7, 11) is 0. The van der Waals surface area contributed by atoms with Gasteiger partial charge in [0.15, 0.2) is 0 Å². The zero-order chi connectivity index (χ0) is 14.0. The van der Waals surface area contributed by atoms with Crippen LogP contribution in [-0.4, -0.2) is 11.9 Å². The van der Waals surface area contributed by atoms with Gasteiger partial charge in [-0.15, -0.1) is 11.3 Å². The second kappa shape index (κ2) is 6.06. The second-order valence-electron chi connectivity index (χ2n) is 5.71. The Morgan fingerprint density at radius 3 is 2.47 bits per heavy atom. The zero-order valence-electron chi connectivity index (χ0n) is 12.0. The Morgan fingerprint density at radius 1 is 1.37 bits per heavy atom. The summed E-state index contributed by atoms with van der Waals surface area (Å²) < 4.78 is 0. The van der Waals surface area contributed by atoms with Crippen LogP contribution in [-0.2, 0) is 4.79 Å². The predicted molar refractivity (Wildman–Crippen MR) is 80.3 cm³/mol. The lowest BCUT2D eigenvalue weighted by Gasteiger charge is -2.30. The average Bonchev–Trinajstić information content (AvgIpc) is 2.69. The van der Waals surface area contributed by atoms with Gasteiger partial charge in [0, 0.05) is 27.8 Å². The first-order chi connectivity index (χ1) is 8.97. The molecular weight excluding hydrogens is 256 g/mol. The fraction of sp³-hybridized carbons (Fsp3) is 0.667. The Labute approximate surface area is 119 Å². The van der Waals surface area contributed by atoms with E-state index in [4.69, 9.17) is 5.73 Å². The van der Waals surface area contributed by atoms with Crippen LogP contribution in [0.3, 0.4) is 0 Å². The van der Waals surface area contributed by atoms with Crippen molar-refractivity contribution in [2.45, 2.75) is 58.5 Å². The molecule has 1 aliphatic rings. The molecule has 0 aliphatic heterocycles. The van der Waals surface area contributed by atoms with E-state index >= 15 is 0 Å². The number of primary amides is 1. The average molecular weight is 280 g/mol. The normalized spacial score (nSPS) is 25.2. The van der Waals surface area contributed by atoms with Gasteiger partial charge < -0.3 is 11.1 Å². The SMILES string of the molecule is Cc1cc(C(C)NC2CCC(C(N)=O)CC2)c(C)s1. The highest BCUT2D eigenvalue weighted by atomic mass is 32.1. The molecule has 1 heterocycles. The molecule has 0 saturated heterocycles. The van der Waals surface area contributed by atoms with Crippen molar-refractivity contribution in [1.29, 1.82) is 0 Å². The quantitative estimate of drug-likeness (QED) is 0.890. The van der Waals surface area contributed by atoms with E-state index in [0.29, 0.717) is 12.1 Å². The molecule has 3 nitrogen and oxygen atoms in total. The topological polar surface area (TPSA) is 55.1 Å². The lowest BCUT2D eigenvalue weighted by atomic mass is 9.85. The number of hydrogen-bond donors (Lipinski definition) is 2. The van der Waals surface area contributed by atoms with E-state index in [9.17, 15) is 4.79 Å². The molecule has 2 rings (SSSR count). The maximum atomic E-state index is 11.2. The van der Waals surface area contributed by atoms with Crippen molar-refractivity contribution in [3.05, 3.63) is 21.4 Å². The summed E-state index contributed by atoms with van der Waals surface area (Å²) >= 11 is 1.86. The highest BCUT2D eigenvalue weighted by molar-refractivity contribution is 7.12. The van der Waals surface area contributed by atoms with E-state index < -0.39 is 0 Å². The molecule has 1 aromatic heterocycles. The molecule has 106 valence electrons. The van der Waals surface area contributed by atoms with Crippen LogP contribution in [0.25, 0.3) is 0 Å². The highest BCUT2D eigenvalue weighted by Crippen LogP contribution is 2.29. The van der Waals surface area contributed by atoms with Crippen molar-refractivity contribution in [3.63, 3.8) is 0 Å². The van der Waals surface area contributed by atoms with Gasteiger partial charge in [-0.2, -0.15) is 0 Å². The Morgan fingerprint density at radius 2 is 2.00 bits per heavy atom. The number of nitrogens with one attached hydrogen (secondary N) is 1. The summed E-state index contributed by atoms with van der Waals surface area (Å²) in [5, 5.41) is 3.70. The third kappa shape index (κ3) is 3.57. The zero-order valence-corrected chi connectivity index (χ0v) is 12.8. The molecule has 1 aliphatic carbocycles. The predicted octanol–water partition coefficient (Wildman–Crippen LogP) is 3.06. The van der Waals surface area contributed by atoms with Crippen molar-refractivity contribution >= 4 is 17.2 Å². The number of carbonyl (C=O) groups excluding carboxylic acids is 1. The van der Waals surface area contributed by atoms with E-state index in [1.165, 1.54) is 15.3 Å². The Balaban J connectivity index is 1.89. The van der Waals surface area contributed by atoms with Crippen LogP contribution in [0.1, 0.15) is 54.0 Å². The molecule has 1 saturated carbocycles. The minimum atomic E-state index is -0.129. The Bertz CT molecular complexity index is 447. The van der Waals surface area contributed by atoms with Gasteiger partial charge in [0.2, 0.25) is 5.91 Å². The molecule has 1 fully saturated rings. The number of amides is 1. The summed E-state index contributed by atoms with van der Waals surface area (Å²) in [5.41, 5.74) is 6.79. The van der Waals surface area contributed by atoms with Crippen molar-refractivity contribution < 1.29 is 4.79 Å². The van der Waals surface area contributed by atoms with E-state index in [1.54, 1.807) is 0 Å². The molecule has 19 heavy (non-hydrogen) atoms. The van der Waals surface area contributed by atoms with Crippen LogP contribution in [0.4, 0.5) is 0 Å². The van der Waals surface area contributed by atoms with E-state index in [2.05, 4.69) is 32.2 Å². The lowest BCUT2D eigenvalue weighted by Crippen LogP contribution is -2.37. The van der Waals surface area contributed by atoms with Crippen molar-refractivity contribution in [2.75, 3.05) is 0 Å². The standard InChI is InChI=1S/C15H24N2OS/c1-9-8-14(11(3)19-9)10(2)17-13-6-4-12(5-7-13)15(16)18/h8,10,12-13,17H,4-7H2,1-3H3,(H2,16,18). The fourth-order valence-corrected chi connectivity index (χ4v) is 4.09. The molecule has 0 aromatic carbocycles. The van der Waals surface area contributed by atoms with Crippen LogP contribution in [0.2, 0.25) is 0 Å². The largest absolute Gasteiger partial charge is 0.369 e. The van der Waals surface area contributed by atoms with Crippen molar-refractivity contribution in [3.8, 4) is 0 Å². The number of aryl methyl sites for hydroxylation is 2. The number of nitrogens with two attached hydrogens (primary N) is 1. The van der Waals surface area contributed by atoms with Gasteiger partial charge in [-0.25, -0.2) is 0 Å². The van der Waals surface area contributed by atoms with Crippen LogP contribution in [0, 0.1) is 19.8 Å². The van der Waals surface area contributed by atoms with Gasteiger partial charge in [0.1, 0.15) is 0 Å². The minimum Gasteiger partial charge on any atom is -0.369 e. The smallest absolute Gasteiger partial charge is 0.220 e.